The molecule has 3 fully saturated rings. The highest BCUT2D eigenvalue weighted by Crippen LogP contribution is 2.36. The van der Waals surface area contributed by atoms with E-state index >= 15 is 0 Å². The summed E-state index contributed by atoms with van der Waals surface area (Å²) in [4.78, 5) is 17.8. The number of benzene rings is 2. The number of hydrogen-bond acceptors (Lipinski definition) is 3. The molecule has 0 N–H and O–H groups in total. The molecule has 0 unspecified atom stereocenters. The standard InChI is InChI=1S/C29H38N2O2/c1-3-4-15-33-28-13-9-23(10-14-28)29(32)30(2)27-17-24-8-5-22(16-25(24)18-27)20-31-19-21-6-11-26(31)12-7-21/h5,8-10,13-14,16,21,26-27H,3-4,6-7,11-12,15,17-20H2,1-2H3/t21?,26?,27-/m1/s1. The summed E-state index contributed by atoms with van der Waals surface area (Å²) in [7, 11) is 1.95. The van der Waals surface area contributed by atoms with E-state index in [1.165, 1.54) is 48.9 Å². The van der Waals surface area contributed by atoms with E-state index in [2.05, 4.69) is 30.0 Å². The minimum absolute atomic E-state index is 0.0949. The molecule has 1 atom stereocenters. The number of piperidine rings is 2. The van der Waals surface area contributed by atoms with Crippen LogP contribution in [0.1, 0.15) is 72.5 Å². The van der Waals surface area contributed by atoms with Crippen molar-refractivity contribution in [3.05, 3.63) is 64.7 Å². The molecule has 2 aliphatic heterocycles. The van der Waals surface area contributed by atoms with Crippen LogP contribution in [-0.2, 0) is 19.4 Å². The molecule has 6 rings (SSSR count). The lowest BCUT2D eigenvalue weighted by Crippen LogP contribution is -2.47. The second-order valence-electron chi connectivity index (χ2n) is 10.4. The van der Waals surface area contributed by atoms with Gasteiger partial charge in [0.05, 0.1) is 6.61 Å². The number of carbonyl (C=O) groups is 1. The number of carbonyl (C=O) groups excluding carboxylic acids is 1. The van der Waals surface area contributed by atoms with Crippen molar-refractivity contribution in [3.8, 4) is 5.75 Å². The van der Waals surface area contributed by atoms with Gasteiger partial charge in [-0.25, -0.2) is 0 Å². The zero-order chi connectivity index (χ0) is 22.8. The lowest BCUT2D eigenvalue weighted by molar-refractivity contribution is 0.0426. The van der Waals surface area contributed by atoms with E-state index in [9.17, 15) is 4.79 Å². The predicted molar refractivity (Wildman–Crippen MR) is 133 cm³/mol. The summed E-state index contributed by atoms with van der Waals surface area (Å²) >= 11 is 0. The Morgan fingerprint density at radius 1 is 1.03 bits per heavy atom. The van der Waals surface area contributed by atoms with Crippen molar-refractivity contribution >= 4 is 5.91 Å². The molecule has 1 saturated carbocycles. The number of fused-ring (bicyclic) bond motifs is 4. The molecule has 1 amide bonds. The fourth-order valence-corrected chi connectivity index (χ4v) is 6.02. The third kappa shape index (κ3) is 4.96. The molecule has 0 aromatic heterocycles. The highest BCUT2D eigenvalue weighted by molar-refractivity contribution is 5.94. The first-order chi connectivity index (χ1) is 16.1. The fourth-order valence-electron chi connectivity index (χ4n) is 6.02. The zero-order valence-electron chi connectivity index (χ0n) is 20.3. The molecule has 0 radical (unpaired) electrons. The number of unbranched alkanes of at least 4 members (excludes halogenated alkanes) is 1. The molecule has 0 spiro atoms. The molecule has 2 aromatic carbocycles. The van der Waals surface area contributed by atoms with E-state index in [-0.39, 0.29) is 11.9 Å². The van der Waals surface area contributed by atoms with Gasteiger partial charge >= 0.3 is 0 Å². The SMILES string of the molecule is CCCCOc1ccc(C(=O)N(C)[C@@H]2Cc3ccc(CN4CC5CCC4CC5)cc3C2)cc1. The van der Waals surface area contributed by atoms with Gasteiger partial charge in [0.1, 0.15) is 5.75 Å². The van der Waals surface area contributed by atoms with Crippen LogP contribution in [0.4, 0.5) is 0 Å². The minimum Gasteiger partial charge on any atom is -0.494 e. The van der Waals surface area contributed by atoms with Crippen LogP contribution in [0.3, 0.4) is 0 Å². The van der Waals surface area contributed by atoms with E-state index in [1.54, 1.807) is 0 Å². The number of ether oxygens (including phenoxy) is 1. The second-order valence-corrected chi connectivity index (χ2v) is 10.4. The highest BCUT2D eigenvalue weighted by Gasteiger charge is 2.34. The molecular formula is C29H38N2O2. The Labute approximate surface area is 198 Å². The Bertz CT molecular complexity index is 962. The van der Waals surface area contributed by atoms with Crippen molar-refractivity contribution in [2.75, 3.05) is 20.2 Å². The first-order valence-corrected chi connectivity index (χ1v) is 13.0. The van der Waals surface area contributed by atoms with Crippen LogP contribution in [0.15, 0.2) is 42.5 Å². The van der Waals surface area contributed by atoms with Crippen LogP contribution in [0.5, 0.6) is 5.75 Å². The number of hydrogen-bond donors (Lipinski definition) is 0. The van der Waals surface area contributed by atoms with E-state index in [1.807, 2.05) is 36.2 Å². The molecule has 2 bridgehead atoms. The Morgan fingerprint density at radius 3 is 2.48 bits per heavy atom. The van der Waals surface area contributed by atoms with Crippen LogP contribution in [0.25, 0.3) is 0 Å². The van der Waals surface area contributed by atoms with Crippen LogP contribution in [0.2, 0.25) is 0 Å². The molecule has 2 saturated heterocycles. The smallest absolute Gasteiger partial charge is 0.253 e. The number of likely N-dealkylation sites (N-methyl/N-ethyl adjacent to an activating group) is 1. The average Bonchev–Trinajstić information content (AvgIpc) is 3.28. The maximum absolute atomic E-state index is 13.1. The quantitative estimate of drug-likeness (QED) is 0.504. The fraction of sp³-hybridized carbons (Fsp3) is 0.552. The maximum Gasteiger partial charge on any atom is 0.253 e. The lowest BCUT2D eigenvalue weighted by Gasteiger charge is -2.45. The van der Waals surface area contributed by atoms with Crippen molar-refractivity contribution in [3.63, 3.8) is 0 Å². The molecule has 2 aromatic rings. The molecule has 4 nitrogen and oxygen atoms in total. The predicted octanol–water partition coefficient (Wildman–Crippen LogP) is 5.48. The van der Waals surface area contributed by atoms with Crippen molar-refractivity contribution in [1.82, 2.24) is 9.80 Å². The van der Waals surface area contributed by atoms with Gasteiger partial charge in [0.15, 0.2) is 0 Å². The molecule has 33 heavy (non-hydrogen) atoms. The number of rotatable bonds is 8. The summed E-state index contributed by atoms with van der Waals surface area (Å²) < 4.78 is 5.74. The Balaban J connectivity index is 1.19. The van der Waals surface area contributed by atoms with Gasteiger partial charge in [0.2, 0.25) is 0 Å². The van der Waals surface area contributed by atoms with Gasteiger partial charge in [-0.2, -0.15) is 0 Å². The molecular weight excluding hydrogens is 408 g/mol. The summed E-state index contributed by atoms with van der Waals surface area (Å²) in [5.74, 6) is 1.85. The number of amides is 1. The van der Waals surface area contributed by atoms with Crippen molar-refractivity contribution < 1.29 is 9.53 Å². The molecule has 2 heterocycles. The summed E-state index contributed by atoms with van der Waals surface area (Å²) in [5.41, 5.74) is 5.01. The van der Waals surface area contributed by atoms with Gasteiger partial charge in [-0.05, 0) is 91.8 Å². The average molecular weight is 447 g/mol. The zero-order valence-corrected chi connectivity index (χ0v) is 20.3. The Hall–Kier alpha value is -2.33. The highest BCUT2D eigenvalue weighted by atomic mass is 16.5. The van der Waals surface area contributed by atoms with E-state index in [0.29, 0.717) is 0 Å². The molecule has 2 aliphatic carbocycles. The monoisotopic (exact) mass is 446 g/mol. The van der Waals surface area contributed by atoms with Crippen molar-refractivity contribution in [1.29, 1.82) is 0 Å². The van der Waals surface area contributed by atoms with E-state index in [0.717, 1.165) is 62.1 Å². The van der Waals surface area contributed by atoms with Crippen molar-refractivity contribution in [2.45, 2.75) is 76.9 Å². The normalized spacial score (nSPS) is 24.0. The molecule has 4 aliphatic rings. The van der Waals surface area contributed by atoms with E-state index in [4.69, 9.17) is 4.74 Å². The molecule has 176 valence electrons. The van der Waals surface area contributed by atoms with Crippen LogP contribution in [0, 0.1) is 5.92 Å². The van der Waals surface area contributed by atoms with Crippen LogP contribution < -0.4 is 4.74 Å². The largest absolute Gasteiger partial charge is 0.494 e. The second kappa shape index (κ2) is 9.89. The first-order valence-electron chi connectivity index (χ1n) is 13.0. The Morgan fingerprint density at radius 2 is 1.79 bits per heavy atom. The summed E-state index contributed by atoms with van der Waals surface area (Å²) in [6.07, 6.45) is 9.70. The van der Waals surface area contributed by atoms with Gasteiger partial charge in [0.25, 0.3) is 5.91 Å². The van der Waals surface area contributed by atoms with Crippen LogP contribution >= 0.6 is 0 Å². The third-order valence-corrected chi connectivity index (χ3v) is 8.13. The van der Waals surface area contributed by atoms with Gasteiger partial charge in [-0.15, -0.1) is 0 Å². The maximum atomic E-state index is 13.1. The Kier molecular flexibility index (Phi) is 6.73. The van der Waals surface area contributed by atoms with Gasteiger partial charge in [0, 0.05) is 37.8 Å². The number of nitrogens with zero attached hydrogens (tertiary/aromatic N) is 2. The van der Waals surface area contributed by atoms with Gasteiger partial charge < -0.3 is 9.64 Å². The first kappa shape index (κ1) is 22.5. The molecule has 4 heteroatoms. The minimum atomic E-state index is 0.0949. The summed E-state index contributed by atoms with van der Waals surface area (Å²) in [5, 5.41) is 0. The topological polar surface area (TPSA) is 32.8 Å². The summed E-state index contributed by atoms with van der Waals surface area (Å²) in [6.45, 7) is 5.25. The van der Waals surface area contributed by atoms with Gasteiger partial charge in [-0.1, -0.05) is 31.5 Å². The van der Waals surface area contributed by atoms with E-state index < -0.39 is 0 Å². The van der Waals surface area contributed by atoms with Crippen LogP contribution in [-0.4, -0.2) is 48.0 Å². The van der Waals surface area contributed by atoms with Crippen molar-refractivity contribution in [2.24, 2.45) is 5.92 Å². The third-order valence-electron chi connectivity index (χ3n) is 8.13. The lowest BCUT2D eigenvalue weighted by atomic mass is 9.80. The summed E-state index contributed by atoms with van der Waals surface area (Å²) in [6, 6.07) is 15.7. The van der Waals surface area contributed by atoms with Gasteiger partial charge in [-0.3, -0.25) is 9.69 Å².